The van der Waals surface area contributed by atoms with Gasteiger partial charge in [0.1, 0.15) is 11.5 Å². The summed E-state index contributed by atoms with van der Waals surface area (Å²) >= 11 is 0. The Morgan fingerprint density at radius 3 is 2.02 bits per heavy atom. The molecule has 4 heteroatoms. The molecule has 0 fully saturated rings. The number of ether oxygens (including phenoxy) is 1. The normalized spacial score (nSPS) is 11.8. The first-order valence-corrected chi connectivity index (χ1v) is 16.3. The standard InChI is InChI=1S/C45H29N3O/c1-2-13-33(14-3-1)41-28-42(35-15-10-26-46-29-35)48-45(47-41)34-23-22-32-21-20-30-11-4-6-16-36(30)38-18-8-9-19-43(38)49-44-37-17-7-5-12-31(37)24-25-39(44)40(32)27-34/h1-29H. The summed E-state index contributed by atoms with van der Waals surface area (Å²) in [5, 5.41) is 2.16. The lowest BCUT2D eigenvalue weighted by molar-refractivity contribution is 0.492. The highest BCUT2D eigenvalue weighted by Crippen LogP contribution is 2.45. The molecular weight excluding hydrogens is 599 g/mol. The van der Waals surface area contributed by atoms with Crippen LogP contribution in [0.1, 0.15) is 11.1 Å². The fourth-order valence-corrected chi connectivity index (χ4v) is 6.59. The lowest BCUT2D eigenvalue weighted by Gasteiger charge is -2.18. The van der Waals surface area contributed by atoms with Gasteiger partial charge in [0.15, 0.2) is 5.82 Å². The summed E-state index contributed by atoms with van der Waals surface area (Å²) in [6.45, 7) is 0. The van der Waals surface area contributed by atoms with Gasteiger partial charge in [0.05, 0.1) is 11.4 Å². The van der Waals surface area contributed by atoms with Crippen molar-refractivity contribution in [2.75, 3.05) is 0 Å². The third-order valence-electron chi connectivity index (χ3n) is 9.03. The van der Waals surface area contributed by atoms with Gasteiger partial charge in [-0.15, -0.1) is 0 Å². The maximum absolute atomic E-state index is 7.03. The van der Waals surface area contributed by atoms with Crippen molar-refractivity contribution in [2.24, 2.45) is 0 Å². The topological polar surface area (TPSA) is 47.9 Å². The van der Waals surface area contributed by atoms with Gasteiger partial charge in [0, 0.05) is 45.6 Å². The van der Waals surface area contributed by atoms with E-state index in [0.29, 0.717) is 5.82 Å². The summed E-state index contributed by atoms with van der Waals surface area (Å²) in [4.78, 5) is 14.6. The first-order chi connectivity index (χ1) is 24.3. The maximum Gasteiger partial charge on any atom is 0.160 e. The molecule has 8 aromatic rings. The zero-order valence-electron chi connectivity index (χ0n) is 26.5. The van der Waals surface area contributed by atoms with E-state index in [4.69, 9.17) is 14.7 Å². The number of aromatic nitrogens is 3. The van der Waals surface area contributed by atoms with Crippen LogP contribution in [0.25, 0.3) is 79.1 Å². The van der Waals surface area contributed by atoms with Gasteiger partial charge in [0.2, 0.25) is 0 Å². The van der Waals surface area contributed by atoms with Crippen molar-refractivity contribution in [2.45, 2.75) is 0 Å². The molecular formula is C45H29N3O. The summed E-state index contributed by atoms with van der Waals surface area (Å²) in [5.74, 6) is 2.26. The minimum absolute atomic E-state index is 0.639. The largest absolute Gasteiger partial charge is 0.455 e. The Morgan fingerprint density at radius 1 is 0.449 bits per heavy atom. The second-order valence-electron chi connectivity index (χ2n) is 12.1. The number of rotatable bonds is 3. The number of pyridine rings is 1. The monoisotopic (exact) mass is 627 g/mol. The summed E-state index contributed by atoms with van der Waals surface area (Å²) in [6, 6.07) is 52.2. The number of fused-ring (bicyclic) bond motifs is 8. The molecule has 0 bridgehead atoms. The van der Waals surface area contributed by atoms with Gasteiger partial charge < -0.3 is 4.74 Å². The predicted molar refractivity (Wildman–Crippen MR) is 200 cm³/mol. The first kappa shape index (κ1) is 28.6. The maximum atomic E-state index is 7.03. The molecule has 6 aromatic carbocycles. The number of nitrogens with zero attached hydrogens (tertiary/aromatic N) is 3. The molecule has 0 N–H and O–H groups in total. The molecule has 4 nitrogen and oxygen atoms in total. The summed E-state index contributed by atoms with van der Waals surface area (Å²) in [5.41, 5.74) is 10.9. The van der Waals surface area contributed by atoms with E-state index < -0.39 is 0 Å². The molecule has 0 saturated heterocycles. The molecule has 0 spiro atoms. The van der Waals surface area contributed by atoms with Gasteiger partial charge in [-0.3, -0.25) is 4.98 Å². The molecule has 0 aliphatic carbocycles. The van der Waals surface area contributed by atoms with Crippen LogP contribution in [0.4, 0.5) is 0 Å². The lowest BCUT2D eigenvalue weighted by atomic mass is 9.93. The third kappa shape index (κ3) is 5.35. The summed E-state index contributed by atoms with van der Waals surface area (Å²) in [7, 11) is 0. The highest BCUT2D eigenvalue weighted by Gasteiger charge is 2.20. The van der Waals surface area contributed by atoms with Crippen LogP contribution in [0.3, 0.4) is 0 Å². The van der Waals surface area contributed by atoms with Gasteiger partial charge in [-0.1, -0.05) is 127 Å². The van der Waals surface area contributed by atoms with E-state index in [-0.39, 0.29) is 0 Å². The van der Waals surface area contributed by atoms with E-state index >= 15 is 0 Å². The highest BCUT2D eigenvalue weighted by atomic mass is 16.5. The fourth-order valence-electron chi connectivity index (χ4n) is 6.59. The van der Waals surface area contributed by atoms with Gasteiger partial charge in [-0.25, -0.2) is 9.97 Å². The highest BCUT2D eigenvalue weighted by molar-refractivity contribution is 5.99. The van der Waals surface area contributed by atoms with Gasteiger partial charge in [-0.2, -0.15) is 0 Å². The molecule has 0 unspecified atom stereocenters. The Balaban J connectivity index is 1.30. The van der Waals surface area contributed by atoms with E-state index in [2.05, 4.69) is 126 Å². The Kier molecular flexibility index (Phi) is 7.10. The Bertz CT molecular complexity index is 2470. The van der Waals surface area contributed by atoms with E-state index in [1.165, 1.54) is 0 Å². The van der Waals surface area contributed by atoms with Crippen LogP contribution in [-0.2, 0) is 0 Å². The lowest BCUT2D eigenvalue weighted by Crippen LogP contribution is -1.97. The zero-order valence-corrected chi connectivity index (χ0v) is 26.5. The van der Waals surface area contributed by atoms with Crippen molar-refractivity contribution in [3.63, 3.8) is 0 Å². The predicted octanol–water partition coefficient (Wildman–Crippen LogP) is 11.6. The minimum Gasteiger partial charge on any atom is -0.455 e. The van der Waals surface area contributed by atoms with E-state index in [0.717, 1.165) is 83.7 Å². The molecule has 0 atom stereocenters. The molecule has 1 aliphatic rings. The van der Waals surface area contributed by atoms with Crippen LogP contribution in [0.15, 0.2) is 164 Å². The number of hydrogen-bond donors (Lipinski definition) is 0. The molecule has 2 aromatic heterocycles. The van der Waals surface area contributed by atoms with Crippen molar-refractivity contribution in [3.05, 3.63) is 175 Å². The van der Waals surface area contributed by atoms with Crippen molar-refractivity contribution < 1.29 is 4.74 Å². The Hall–Kier alpha value is -6.65. The summed E-state index contributed by atoms with van der Waals surface area (Å²) in [6.07, 6.45) is 8.02. The van der Waals surface area contributed by atoms with Crippen LogP contribution in [0.5, 0.6) is 11.5 Å². The second kappa shape index (κ2) is 12.2. The Morgan fingerprint density at radius 2 is 1.16 bits per heavy atom. The van der Waals surface area contributed by atoms with Crippen molar-refractivity contribution >= 4 is 22.9 Å². The van der Waals surface area contributed by atoms with Gasteiger partial charge in [-0.05, 0) is 64.0 Å². The third-order valence-corrected chi connectivity index (χ3v) is 9.03. The Labute approximate surface area is 284 Å². The van der Waals surface area contributed by atoms with Crippen LogP contribution in [0.2, 0.25) is 0 Å². The first-order valence-electron chi connectivity index (χ1n) is 16.3. The van der Waals surface area contributed by atoms with E-state index in [1.54, 1.807) is 6.20 Å². The molecule has 9 rings (SSSR count). The molecule has 230 valence electrons. The molecule has 1 aliphatic heterocycles. The molecule has 0 saturated carbocycles. The zero-order chi connectivity index (χ0) is 32.6. The molecule has 0 amide bonds. The average molecular weight is 628 g/mol. The van der Waals surface area contributed by atoms with Crippen LogP contribution in [-0.4, -0.2) is 15.0 Å². The number of hydrogen-bond acceptors (Lipinski definition) is 4. The minimum atomic E-state index is 0.639. The SMILES string of the molecule is C1=Cc2ccc(-c3nc(-c4ccccc4)cc(-c4cccnc4)n3)cc2-c2ccc3ccccc3c2Oc2ccccc2-c2ccccc21. The van der Waals surface area contributed by atoms with Crippen LogP contribution in [0, 0.1) is 0 Å². The molecule has 49 heavy (non-hydrogen) atoms. The number of benzene rings is 6. The van der Waals surface area contributed by atoms with Gasteiger partial charge in [0.25, 0.3) is 0 Å². The summed E-state index contributed by atoms with van der Waals surface area (Å²) < 4.78 is 7.03. The molecule has 3 heterocycles. The van der Waals surface area contributed by atoms with E-state index in [9.17, 15) is 0 Å². The van der Waals surface area contributed by atoms with Crippen LogP contribution >= 0.6 is 0 Å². The number of para-hydroxylation sites is 1. The van der Waals surface area contributed by atoms with Gasteiger partial charge >= 0.3 is 0 Å². The smallest absolute Gasteiger partial charge is 0.160 e. The molecule has 0 radical (unpaired) electrons. The second-order valence-corrected chi connectivity index (χ2v) is 12.1. The van der Waals surface area contributed by atoms with Crippen molar-refractivity contribution in [1.29, 1.82) is 0 Å². The average Bonchev–Trinajstić information content (AvgIpc) is 3.20. The van der Waals surface area contributed by atoms with E-state index in [1.807, 2.05) is 48.7 Å². The fraction of sp³-hybridized carbons (Fsp3) is 0. The quantitative estimate of drug-likeness (QED) is 0.196. The van der Waals surface area contributed by atoms with Crippen molar-refractivity contribution in [1.82, 2.24) is 15.0 Å². The van der Waals surface area contributed by atoms with Crippen LogP contribution < -0.4 is 4.74 Å². The van der Waals surface area contributed by atoms with Crippen molar-refractivity contribution in [3.8, 4) is 67.7 Å².